The molecule has 6 aromatic rings. The molecule has 220 valence electrons. The van der Waals surface area contributed by atoms with Gasteiger partial charge >= 0.3 is 0 Å². The minimum absolute atomic E-state index is 0.787. The third kappa shape index (κ3) is 3.96. The van der Waals surface area contributed by atoms with E-state index in [0.717, 1.165) is 38.0 Å². The van der Waals surface area contributed by atoms with Crippen LogP contribution in [0.5, 0.6) is 0 Å². The normalized spacial score (nSPS) is 18.3. The van der Waals surface area contributed by atoms with E-state index in [2.05, 4.69) is 140 Å². The first-order chi connectivity index (χ1) is 22.6. The number of hydrogen-bond donors (Lipinski definition) is 0. The summed E-state index contributed by atoms with van der Waals surface area (Å²) in [4.78, 5) is 4.67. The molecule has 0 amide bonds. The second-order valence-electron chi connectivity index (χ2n) is 11.9. The van der Waals surface area contributed by atoms with E-state index in [1.165, 1.54) is 31.9 Å². The Labute approximate surface area is 271 Å². The summed E-state index contributed by atoms with van der Waals surface area (Å²) in [5, 5.41) is 8.82. The van der Waals surface area contributed by atoms with Gasteiger partial charge in [0.2, 0.25) is 0 Å². The monoisotopic (exact) mass is 625 g/mol. The molecule has 0 radical (unpaired) electrons. The molecule has 0 bridgehead atoms. The van der Waals surface area contributed by atoms with Crippen molar-refractivity contribution in [2.45, 2.75) is 6.92 Å². The van der Waals surface area contributed by atoms with Crippen LogP contribution in [-0.2, 0) is 4.57 Å². The fourth-order valence-electron chi connectivity index (χ4n) is 7.75. The van der Waals surface area contributed by atoms with E-state index in [4.69, 9.17) is 0 Å². The molecule has 0 saturated heterocycles. The highest BCUT2D eigenvalue weighted by molar-refractivity contribution is 7.82. The Hall–Kier alpha value is -5.08. The number of pyridine rings is 1. The van der Waals surface area contributed by atoms with Crippen LogP contribution >= 0.6 is 7.14 Å². The van der Waals surface area contributed by atoms with Crippen LogP contribution < -0.4 is 26.2 Å². The molecule has 1 aromatic heterocycles. The first kappa shape index (κ1) is 28.4. The van der Waals surface area contributed by atoms with E-state index in [0.29, 0.717) is 0 Å². The average molecular weight is 626 g/mol. The fourth-order valence-corrected chi connectivity index (χ4v) is 16.4. The molecule has 0 spiro atoms. The lowest BCUT2D eigenvalue weighted by molar-refractivity contribution is 0.591. The zero-order chi connectivity index (χ0) is 31.3. The number of aromatic nitrogens is 1. The van der Waals surface area contributed by atoms with E-state index < -0.39 is 15.2 Å². The van der Waals surface area contributed by atoms with E-state index >= 15 is 4.57 Å². The molecule has 0 N–H and O–H groups in total. The third-order valence-corrected chi connectivity index (χ3v) is 17.8. The molecule has 0 fully saturated rings. The zero-order valence-electron chi connectivity index (χ0n) is 25.6. The average Bonchev–Trinajstić information content (AvgIpc) is 3.40. The molecule has 2 aliphatic heterocycles. The second-order valence-corrected chi connectivity index (χ2v) is 18.3. The number of hydrogen-bond acceptors (Lipinski definition) is 2. The van der Waals surface area contributed by atoms with Crippen molar-refractivity contribution in [1.82, 2.24) is 4.98 Å². The Morgan fingerprint density at radius 2 is 1.37 bits per heavy atom. The van der Waals surface area contributed by atoms with Gasteiger partial charge in [0.05, 0.1) is 5.52 Å². The van der Waals surface area contributed by atoms with E-state index in [-0.39, 0.29) is 0 Å². The van der Waals surface area contributed by atoms with Crippen LogP contribution in [0, 0.1) is 0 Å². The Kier molecular flexibility index (Phi) is 6.83. The van der Waals surface area contributed by atoms with Gasteiger partial charge in [-0.1, -0.05) is 152 Å². The van der Waals surface area contributed by atoms with Gasteiger partial charge in [0, 0.05) is 27.5 Å². The highest BCUT2D eigenvalue weighted by Crippen LogP contribution is 2.60. The van der Waals surface area contributed by atoms with Gasteiger partial charge in [0.1, 0.15) is 0 Å². The van der Waals surface area contributed by atoms with Crippen LogP contribution in [0.2, 0.25) is 0 Å². The Bertz CT molecular complexity index is 2280. The second kappa shape index (κ2) is 11.1. The molecule has 0 aliphatic carbocycles. The van der Waals surface area contributed by atoms with Crippen molar-refractivity contribution in [3.8, 4) is 0 Å². The summed E-state index contributed by atoms with van der Waals surface area (Å²) in [5.41, 5.74) is 5.37. The van der Waals surface area contributed by atoms with Crippen molar-refractivity contribution < 1.29 is 4.57 Å². The Balaban J connectivity index is 1.59. The molecule has 2 aliphatic rings. The maximum atomic E-state index is 16.4. The van der Waals surface area contributed by atoms with E-state index in [1.54, 1.807) is 12.3 Å². The maximum Gasteiger partial charge on any atom is 0.181 e. The van der Waals surface area contributed by atoms with Crippen molar-refractivity contribution >= 4 is 57.9 Å². The van der Waals surface area contributed by atoms with Crippen LogP contribution in [0.1, 0.15) is 18.1 Å². The lowest BCUT2D eigenvalue weighted by atomic mass is 9.96. The summed E-state index contributed by atoms with van der Waals surface area (Å²) < 4.78 is 16.4. The molecule has 0 saturated carbocycles. The lowest BCUT2D eigenvalue weighted by Crippen LogP contribution is -2.67. The first-order valence-corrected chi connectivity index (χ1v) is 19.3. The molecule has 1 atom stereocenters. The van der Waals surface area contributed by atoms with Gasteiger partial charge in [0.15, 0.2) is 15.2 Å². The van der Waals surface area contributed by atoms with Gasteiger partial charge in [-0.25, -0.2) is 0 Å². The van der Waals surface area contributed by atoms with Gasteiger partial charge < -0.3 is 4.57 Å². The number of fused-ring (bicyclic) bond motifs is 5. The number of allylic oxidation sites excluding steroid dienone is 6. The van der Waals surface area contributed by atoms with Gasteiger partial charge in [-0.05, 0) is 62.1 Å². The molecule has 3 heterocycles. The van der Waals surface area contributed by atoms with Crippen LogP contribution in [-0.4, -0.2) is 13.1 Å². The number of rotatable bonds is 5. The van der Waals surface area contributed by atoms with Gasteiger partial charge in [-0.15, -0.1) is 0 Å². The molecule has 1 unspecified atom stereocenters. The minimum atomic E-state index is -3.42. The van der Waals surface area contributed by atoms with Gasteiger partial charge in [-0.2, -0.15) is 0 Å². The molecule has 5 aromatic carbocycles. The molecule has 2 nitrogen and oxygen atoms in total. The summed E-state index contributed by atoms with van der Waals surface area (Å²) in [6, 6.07) is 49.4. The van der Waals surface area contributed by atoms with Crippen molar-refractivity contribution in [3.63, 3.8) is 0 Å². The summed E-state index contributed by atoms with van der Waals surface area (Å²) in [6.07, 6.45) is 7.57. The SMILES string of the molecule is C=C/C=C\C1=C(C)C2=C(c3ccccc3[Si]2(c2ccccc2)c2ccccc2)c2ccccc2P1(=O)c1ccc2cccnc2c1. The smallest absolute Gasteiger partial charge is 0.181 e. The molecular formula is C42H32NOPSi. The van der Waals surface area contributed by atoms with Crippen molar-refractivity contribution in [1.29, 1.82) is 0 Å². The molecule has 8 rings (SSSR count). The summed E-state index contributed by atoms with van der Waals surface area (Å²) in [7, 11) is -6.31. The first-order valence-electron chi connectivity index (χ1n) is 15.6. The van der Waals surface area contributed by atoms with Crippen molar-refractivity contribution in [3.05, 3.63) is 198 Å². The summed E-state index contributed by atoms with van der Waals surface area (Å²) in [5.74, 6) is 0. The molecular weight excluding hydrogens is 594 g/mol. The number of benzene rings is 5. The summed E-state index contributed by atoms with van der Waals surface area (Å²) in [6.45, 7) is 6.21. The minimum Gasteiger partial charge on any atom is -0.309 e. The Morgan fingerprint density at radius 1 is 0.717 bits per heavy atom. The quantitative estimate of drug-likeness (QED) is 0.114. The third-order valence-electron chi connectivity index (χ3n) is 9.59. The predicted octanol–water partition coefficient (Wildman–Crippen LogP) is 7.40. The standard InChI is InChI=1S/C42H32NOPSi/c1-3-4-23-38-30(2)42-41(35-21-11-13-24-39(35)45(38,44)32-27-26-31-16-15-28-43-37(31)29-32)36-22-12-14-25-40(36)46(42,33-17-7-5-8-18-33)34-19-9-6-10-20-34/h3-29H,1H2,2H3/b23-4-. The van der Waals surface area contributed by atoms with E-state index in [1.807, 2.05) is 30.3 Å². The number of nitrogens with zero attached hydrogens (tertiary/aromatic N) is 1. The van der Waals surface area contributed by atoms with Crippen LogP contribution in [0.3, 0.4) is 0 Å². The lowest BCUT2D eigenvalue weighted by Gasteiger charge is -2.34. The van der Waals surface area contributed by atoms with Gasteiger partial charge in [0.25, 0.3) is 0 Å². The van der Waals surface area contributed by atoms with Crippen LogP contribution in [0.25, 0.3) is 16.5 Å². The van der Waals surface area contributed by atoms with Crippen LogP contribution in [0.15, 0.2) is 187 Å². The summed E-state index contributed by atoms with van der Waals surface area (Å²) >= 11 is 0. The highest BCUT2D eigenvalue weighted by atomic mass is 31.2. The Morgan fingerprint density at radius 3 is 2.09 bits per heavy atom. The predicted molar refractivity (Wildman–Crippen MR) is 197 cm³/mol. The molecule has 4 heteroatoms. The topological polar surface area (TPSA) is 30.0 Å². The van der Waals surface area contributed by atoms with Crippen molar-refractivity contribution in [2.24, 2.45) is 0 Å². The van der Waals surface area contributed by atoms with Crippen molar-refractivity contribution in [2.75, 3.05) is 0 Å². The van der Waals surface area contributed by atoms with Gasteiger partial charge in [-0.3, -0.25) is 4.98 Å². The van der Waals surface area contributed by atoms with E-state index in [9.17, 15) is 0 Å². The highest BCUT2D eigenvalue weighted by Gasteiger charge is 2.53. The molecule has 46 heavy (non-hydrogen) atoms. The van der Waals surface area contributed by atoms with Crippen LogP contribution in [0.4, 0.5) is 0 Å². The zero-order valence-corrected chi connectivity index (χ0v) is 27.5. The maximum absolute atomic E-state index is 16.4. The fraction of sp³-hybridized carbons (Fsp3) is 0.0238. The largest absolute Gasteiger partial charge is 0.309 e.